The summed E-state index contributed by atoms with van der Waals surface area (Å²) < 4.78 is 0. The van der Waals surface area contributed by atoms with Crippen molar-refractivity contribution in [2.75, 3.05) is 0 Å². The van der Waals surface area contributed by atoms with Gasteiger partial charge in [-0.3, -0.25) is 4.79 Å². The van der Waals surface area contributed by atoms with E-state index in [4.69, 9.17) is 0 Å². The van der Waals surface area contributed by atoms with Crippen molar-refractivity contribution in [2.24, 2.45) is 0 Å². The first kappa shape index (κ1) is 45.4. The monoisotopic (exact) mass is 942 g/mol. The normalized spacial score (nSPS) is 11.0. The molecule has 0 unspecified atom stereocenters. The molecule has 0 saturated heterocycles. The second-order valence-corrected chi connectivity index (χ2v) is 18.6. The predicted molar refractivity (Wildman–Crippen MR) is 311 cm³/mol. The molecule has 74 heavy (non-hydrogen) atoms. The van der Waals surface area contributed by atoms with E-state index in [2.05, 4.69) is 279 Å². The van der Waals surface area contributed by atoms with Crippen LogP contribution in [0.2, 0.25) is 0 Å². The van der Waals surface area contributed by atoms with E-state index < -0.39 is 0 Å². The highest BCUT2D eigenvalue weighted by Crippen LogP contribution is 2.52. The van der Waals surface area contributed by atoms with Crippen molar-refractivity contribution in [2.45, 2.75) is 0 Å². The molecule has 0 spiro atoms. The summed E-state index contributed by atoms with van der Waals surface area (Å²) in [7, 11) is 0. The average molecular weight is 943 g/mol. The number of hydrogen-bond acceptors (Lipinski definition) is 1. The number of benzene rings is 12. The van der Waals surface area contributed by atoms with Crippen molar-refractivity contribution in [1.29, 1.82) is 0 Å². The Morgan fingerprint density at radius 1 is 0.176 bits per heavy atom. The lowest BCUT2D eigenvalue weighted by molar-refractivity contribution is 0.103. The number of rotatable bonds is 12. The lowest BCUT2D eigenvalue weighted by Crippen LogP contribution is -2.02. The highest BCUT2D eigenvalue weighted by Gasteiger charge is 2.26. The maximum Gasteiger partial charge on any atom is 0.193 e. The highest BCUT2D eigenvalue weighted by atomic mass is 16.1. The molecular weight excluding hydrogens is 893 g/mol. The molecule has 0 aliphatic rings. The quantitative estimate of drug-likeness (QED) is 0.112. The molecule has 348 valence electrons. The van der Waals surface area contributed by atoms with E-state index in [0.29, 0.717) is 11.1 Å². The van der Waals surface area contributed by atoms with Gasteiger partial charge in [0.1, 0.15) is 0 Å². The van der Waals surface area contributed by atoms with Gasteiger partial charge in [0.25, 0.3) is 0 Å². The Bertz CT molecular complexity index is 3600. The third-order valence-electron chi connectivity index (χ3n) is 14.1. The first-order valence-corrected chi connectivity index (χ1v) is 25.3. The molecule has 0 aliphatic carbocycles. The molecule has 0 amide bonds. The number of hydrogen-bond donors (Lipinski definition) is 0. The molecule has 12 rings (SSSR count). The lowest BCUT2D eigenvalue weighted by atomic mass is 9.78. The molecular formula is C73H50O. The Morgan fingerprint density at radius 2 is 0.351 bits per heavy atom. The number of carbonyl (C=O) groups excluding carboxylic acids is 1. The van der Waals surface area contributed by atoms with Crippen LogP contribution < -0.4 is 0 Å². The van der Waals surface area contributed by atoms with E-state index in [1.54, 1.807) is 0 Å². The Labute approximate surface area is 434 Å². The minimum Gasteiger partial charge on any atom is -0.289 e. The van der Waals surface area contributed by atoms with Crippen LogP contribution in [0.4, 0.5) is 0 Å². The van der Waals surface area contributed by atoms with Gasteiger partial charge in [0, 0.05) is 11.1 Å². The van der Waals surface area contributed by atoms with Crippen molar-refractivity contribution < 1.29 is 4.79 Å². The van der Waals surface area contributed by atoms with Gasteiger partial charge in [-0.15, -0.1) is 0 Å². The molecule has 0 saturated carbocycles. The first-order chi connectivity index (χ1) is 36.7. The van der Waals surface area contributed by atoms with Crippen LogP contribution in [-0.4, -0.2) is 5.78 Å². The molecule has 12 aromatic rings. The zero-order valence-electron chi connectivity index (χ0n) is 40.8. The summed E-state index contributed by atoms with van der Waals surface area (Å²) in [6.45, 7) is 0. The summed E-state index contributed by atoms with van der Waals surface area (Å²) in [6, 6.07) is 107. The highest BCUT2D eigenvalue weighted by molar-refractivity contribution is 6.12. The molecule has 1 heteroatoms. The van der Waals surface area contributed by atoms with Crippen molar-refractivity contribution in [3.63, 3.8) is 0 Å². The predicted octanol–water partition coefficient (Wildman–Crippen LogP) is 19.6. The maximum absolute atomic E-state index is 14.7. The van der Waals surface area contributed by atoms with Crippen LogP contribution in [0.5, 0.6) is 0 Å². The lowest BCUT2D eigenvalue weighted by Gasteiger charge is -2.24. The molecule has 0 radical (unpaired) electrons. The number of carbonyl (C=O) groups is 1. The maximum atomic E-state index is 14.7. The first-order valence-electron chi connectivity index (χ1n) is 25.3. The molecule has 0 atom stereocenters. The third-order valence-corrected chi connectivity index (χ3v) is 14.1. The van der Waals surface area contributed by atoms with Gasteiger partial charge in [-0.1, -0.05) is 291 Å². The Morgan fingerprint density at radius 3 is 0.568 bits per heavy atom. The second-order valence-electron chi connectivity index (χ2n) is 18.6. The van der Waals surface area contributed by atoms with Gasteiger partial charge in [0.2, 0.25) is 0 Å². The Kier molecular flexibility index (Phi) is 12.6. The van der Waals surface area contributed by atoms with Gasteiger partial charge in [0.15, 0.2) is 5.78 Å². The van der Waals surface area contributed by atoms with Gasteiger partial charge in [-0.25, -0.2) is 0 Å². The SMILES string of the molecule is O=C(c1ccc(-c2cc(-c3ccccc3)c(-c3ccccc3)c(-c3ccccc3)c2-c2ccccc2)cc1)c1ccc(-c2cc(-c3ccccc3)c(-c3ccccc3)c(-c3ccccc3)c2-c2ccccc2)cc1. The second kappa shape index (κ2) is 20.6. The number of ketones is 1. The Balaban J connectivity index is 0.989. The van der Waals surface area contributed by atoms with Crippen LogP contribution in [0.15, 0.2) is 303 Å². The van der Waals surface area contributed by atoms with Gasteiger partial charge >= 0.3 is 0 Å². The molecule has 0 heterocycles. The van der Waals surface area contributed by atoms with Crippen LogP contribution in [0.3, 0.4) is 0 Å². The summed E-state index contributed by atoms with van der Waals surface area (Å²) in [5, 5.41) is 0. The molecule has 1 nitrogen and oxygen atoms in total. The average Bonchev–Trinajstić information content (AvgIpc) is 3.50. The zero-order chi connectivity index (χ0) is 49.6. The minimum atomic E-state index is -0.0292. The van der Waals surface area contributed by atoms with Gasteiger partial charge in [-0.2, -0.15) is 0 Å². The van der Waals surface area contributed by atoms with Crippen molar-refractivity contribution >= 4 is 5.78 Å². The summed E-state index contributed by atoms with van der Waals surface area (Å²) in [6.07, 6.45) is 0. The topological polar surface area (TPSA) is 17.1 Å². The van der Waals surface area contributed by atoms with Crippen LogP contribution in [0.25, 0.3) is 111 Å². The standard InChI is InChI=1S/C73H50O/c74-73(61-45-41-53(42-46-61)65-49-63(51-25-9-1-10-26-51)67(55-29-13-3-14-30-55)71(59-37-21-7-22-38-59)69(65)57-33-17-5-18-34-57)62-47-43-54(44-48-62)66-50-64(52-27-11-2-12-28-52)68(56-31-15-4-16-32-56)72(60-39-23-8-24-40-60)70(66)58-35-19-6-20-36-58/h1-50H. The molecule has 0 N–H and O–H groups in total. The molecule has 0 aliphatic heterocycles. The fraction of sp³-hybridized carbons (Fsp3) is 0. The van der Waals surface area contributed by atoms with E-state index in [0.717, 1.165) is 100 Å². The van der Waals surface area contributed by atoms with Crippen LogP contribution in [-0.2, 0) is 0 Å². The van der Waals surface area contributed by atoms with E-state index in [1.165, 1.54) is 11.1 Å². The summed E-state index contributed by atoms with van der Waals surface area (Å²) in [5.41, 5.74) is 23.8. The molecule has 0 fully saturated rings. The minimum absolute atomic E-state index is 0.0292. The summed E-state index contributed by atoms with van der Waals surface area (Å²) in [5.74, 6) is -0.0292. The van der Waals surface area contributed by atoms with Crippen LogP contribution in [0.1, 0.15) is 15.9 Å². The smallest absolute Gasteiger partial charge is 0.193 e. The van der Waals surface area contributed by atoms with Crippen LogP contribution in [0, 0.1) is 0 Å². The fourth-order valence-electron chi connectivity index (χ4n) is 10.7. The van der Waals surface area contributed by atoms with Gasteiger partial charge in [0.05, 0.1) is 0 Å². The summed E-state index contributed by atoms with van der Waals surface area (Å²) >= 11 is 0. The summed E-state index contributed by atoms with van der Waals surface area (Å²) in [4.78, 5) is 14.7. The van der Waals surface area contributed by atoms with Gasteiger partial charge < -0.3 is 0 Å². The van der Waals surface area contributed by atoms with Crippen molar-refractivity contribution in [3.8, 4) is 111 Å². The fourth-order valence-corrected chi connectivity index (χ4v) is 10.7. The van der Waals surface area contributed by atoms with Crippen LogP contribution >= 0.6 is 0 Å². The van der Waals surface area contributed by atoms with Crippen molar-refractivity contribution in [1.82, 2.24) is 0 Å². The van der Waals surface area contributed by atoms with Gasteiger partial charge in [-0.05, 0) is 123 Å². The molecule has 12 aromatic carbocycles. The largest absolute Gasteiger partial charge is 0.289 e. The Hall–Kier alpha value is -9.69. The van der Waals surface area contributed by atoms with E-state index >= 15 is 0 Å². The van der Waals surface area contributed by atoms with E-state index in [9.17, 15) is 4.79 Å². The molecule has 0 bridgehead atoms. The van der Waals surface area contributed by atoms with E-state index in [-0.39, 0.29) is 5.78 Å². The zero-order valence-corrected chi connectivity index (χ0v) is 40.8. The third kappa shape index (κ3) is 8.89. The van der Waals surface area contributed by atoms with Crippen molar-refractivity contribution in [3.05, 3.63) is 314 Å². The molecule has 0 aromatic heterocycles. The van der Waals surface area contributed by atoms with E-state index in [1.807, 2.05) is 24.3 Å².